The third-order valence-electron chi connectivity index (χ3n) is 3.37. The van der Waals surface area contributed by atoms with Crippen molar-refractivity contribution in [2.45, 2.75) is 25.7 Å². The summed E-state index contributed by atoms with van der Waals surface area (Å²) in [6.45, 7) is 0. The summed E-state index contributed by atoms with van der Waals surface area (Å²) in [5.74, 6) is 0.353. The van der Waals surface area contributed by atoms with Crippen LogP contribution in [-0.2, 0) is 4.79 Å². The summed E-state index contributed by atoms with van der Waals surface area (Å²) < 4.78 is 4.96. The number of aliphatic imine (C=N–C) groups is 1. The molecule has 2 rings (SSSR count). The standard InChI is InChI=1S/C14H16N2O4/c1-20-11-6-7-12(13(8-11)16(18)19)15-9-10-4-2-3-5-14(10)17/h6-10H,2-5H2,1H3/t10-/m1/s1. The van der Waals surface area contributed by atoms with Gasteiger partial charge in [-0.05, 0) is 25.0 Å². The molecular formula is C14H16N2O4. The lowest BCUT2D eigenvalue weighted by Crippen LogP contribution is -2.19. The SMILES string of the molecule is COc1ccc(N=C[C@H]2CCCCC2=O)c([N+](=O)[O-])c1. The number of methoxy groups -OCH3 is 1. The van der Waals surface area contributed by atoms with Gasteiger partial charge in [0.1, 0.15) is 17.2 Å². The Labute approximate surface area is 116 Å². The average Bonchev–Trinajstić information content (AvgIpc) is 2.46. The summed E-state index contributed by atoms with van der Waals surface area (Å²) in [4.78, 5) is 26.3. The molecule has 1 aromatic carbocycles. The van der Waals surface area contributed by atoms with Gasteiger partial charge in [0.25, 0.3) is 5.69 Å². The van der Waals surface area contributed by atoms with Crippen LogP contribution in [0.1, 0.15) is 25.7 Å². The van der Waals surface area contributed by atoms with Crippen LogP contribution in [-0.4, -0.2) is 24.0 Å². The van der Waals surface area contributed by atoms with Gasteiger partial charge in [0, 0.05) is 12.6 Å². The number of rotatable bonds is 4. The van der Waals surface area contributed by atoms with E-state index in [2.05, 4.69) is 4.99 Å². The molecule has 1 atom stereocenters. The Bertz CT molecular complexity index is 554. The summed E-state index contributed by atoms with van der Waals surface area (Å²) in [7, 11) is 1.45. The van der Waals surface area contributed by atoms with Gasteiger partial charge in [0.2, 0.25) is 0 Å². The minimum absolute atomic E-state index is 0.121. The van der Waals surface area contributed by atoms with E-state index in [1.807, 2.05) is 0 Å². The van der Waals surface area contributed by atoms with Crippen LogP contribution >= 0.6 is 0 Å². The van der Waals surface area contributed by atoms with Gasteiger partial charge in [0.15, 0.2) is 0 Å². The number of nitro benzene ring substituents is 1. The molecule has 0 bridgehead atoms. The van der Waals surface area contributed by atoms with Crippen LogP contribution < -0.4 is 4.74 Å². The molecule has 0 saturated heterocycles. The van der Waals surface area contributed by atoms with Crippen molar-refractivity contribution >= 4 is 23.4 Å². The third-order valence-corrected chi connectivity index (χ3v) is 3.37. The monoisotopic (exact) mass is 276 g/mol. The van der Waals surface area contributed by atoms with Crippen LogP contribution in [0.15, 0.2) is 23.2 Å². The number of carbonyl (C=O) groups is 1. The highest BCUT2D eigenvalue weighted by molar-refractivity contribution is 5.96. The summed E-state index contributed by atoms with van der Waals surface area (Å²) >= 11 is 0. The van der Waals surface area contributed by atoms with Crippen molar-refractivity contribution in [1.29, 1.82) is 0 Å². The molecule has 1 aliphatic rings. The Balaban J connectivity index is 2.23. The summed E-state index contributed by atoms with van der Waals surface area (Å²) in [6.07, 6.45) is 4.79. The van der Waals surface area contributed by atoms with Gasteiger partial charge >= 0.3 is 0 Å². The minimum Gasteiger partial charge on any atom is -0.496 e. The van der Waals surface area contributed by atoms with E-state index in [9.17, 15) is 14.9 Å². The fourth-order valence-corrected chi connectivity index (χ4v) is 2.22. The lowest BCUT2D eigenvalue weighted by molar-refractivity contribution is -0.384. The molecule has 1 saturated carbocycles. The fraction of sp³-hybridized carbons (Fsp3) is 0.429. The van der Waals surface area contributed by atoms with Crippen LogP contribution in [0, 0.1) is 16.0 Å². The fourth-order valence-electron chi connectivity index (χ4n) is 2.22. The van der Waals surface area contributed by atoms with Gasteiger partial charge in [-0.2, -0.15) is 0 Å². The average molecular weight is 276 g/mol. The molecule has 1 fully saturated rings. The van der Waals surface area contributed by atoms with Gasteiger partial charge in [0.05, 0.1) is 24.0 Å². The van der Waals surface area contributed by atoms with Gasteiger partial charge in [-0.3, -0.25) is 19.9 Å². The summed E-state index contributed by atoms with van der Waals surface area (Å²) in [5, 5.41) is 11.0. The van der Waals surface area contributed by atoms with Crippen molar-refractivity contribution in [3.05, 3.63) is 28.3 Å². The van der Waals surface area contributed by atoms with E-state index >= 15 is 0 Å². The van der Waals surface area contributed by atoms with Gasteiger partial charge < -0.3 is 4.74 Å². The molecule has 106 valence electrons. The topological polar surface area (TPSA) is 81.8 Å². The molecule has 1 aliphatic carbocycles. The first-order chi connectivity index (χ1) is 9.61. The number of Topliss-reactive ketones (excluding diaryl/α,β-unsaturated/α-hetero) is 1. The summed E-state index contributed by atoms with van der Waals surface area (Å²) in [5.41, 5.74) is 0.123. The summed E-state index contributed by atoms with van der Waals surface area (Å²) in [6, 6.07) is 4.47. The van der Waals surface area contributed by atoms with Crippen molar-refractivity contribution in [3.63, 3.8) is 0 Å². The van der Waals surface area contributed by atoms with Crippen molar-refractivity contribution in [3.8, 4) is 5.75 Å². The first-order valence-electron chi connectivity index (χ1n) is 6.51. The third kappa shape index (κ3) is 3.20. The number of nitrogens with zero attached hydrogens (tertiary/aromatic N) is 2. The molecule has 0 unspecified atom stereocenters. The molecular weight excluding hydrogens is 260 g/mol. The zero-order valence-corrected chi connectivity index (χ0v) is 11.2. The Hall–Kier alpha value is -2.24. The van der Waals surface area contributed by atoms with Crippen LogP contribution in [0.3, 0.4) is 0 Å². The van der Waals surface area contributed by atoms with E-state index in [0.717, 1.165) is 19.3 Å². The zero-order valence-electron chi connectivity index (χ0n) is 11.2. The predicted octanol–water partition coefficient (Wildman–Crippen LogP) is 3.07. The molecule has 0 aromatic heterocycles. The van der Waals surface area contributed by atoms with Gasteiger partial charge in [-0.1, -0.05) is 6.42 Å². The van der Waals surface area contributed by atoms with Crippen molar-refractivity contribution in [2.75, 3.05) is 7.11 Å². The number of nitro groups is 1. The molecule has 0 amide bonds. The molecule has 0 N–H and O–H groups in total. The number of hydrogen-bond acceptors (Lipinski definition) is 5. The lowest BCUT2D eigenvalue weighted by atomic mass is 9.89. The second-order valence-corrected chi connectivity index (χ2v) is 4.71. The first kappa shape index (κ1) is 14.2. The molecule has 0 aliphatic heterocycles. The number of carbonyl (C=O) groups excluding carboxylic acids is 1. The normalized spacial score (nSPS) is 19.2. The predicted molar refractivity (Wildman–Crippen MR) is 74.8 cm³/mol. The maximum Gasteiger partial charge on any atom is 0.298 e. The Kier molecular flexibility index (Phi) is 4.45. The number of ether oxygens (including phenoxy) is 1. The van der Waals surface area contributed by atoms with Crippen LogP contribution in [0.4, 0.5) is 11.4 Å². The molecule has 6 heteroatoms. The highest BCUT2D eigenvalue weighted by Crippen LogP contribution is 2.31. The molecule has 20 heavy (non-hydrogen) atoms. The Morgan fingerprint density at radius 2 is 2.25 bits per heavy atom. The molecule has 0 radical (unpaired) electrons. The van der Waals surface area contributed by atoms with Crippen molar-refractivity contribution < 1.29 is 14.5 Å². The Morgan fingerprint density at radius 1 is 1.45 bits per heavy atom. The second-order valence-electron chi connectivity index (χ2n) is 4.71. The smallest absolute Gasteiger partial charge is 0.298 e. The van der Waals surface area contributed by atoms with Crippen molar-refractivity contribution in [1.82, 2.24) is 0 Å². The molecule has 1 aromatic rings. The number of hydrogen-bond donors (Lipinski definition) is 0. The van der Waals surface area contributed by atoms with Crippen LogP contribution in [0.5, 0.6) is 5.75 Å². The molecule has 6 nitrogen and oxygen atoms in total. The zero-order chi connectivity index (χ0) is 14.5. The minimum atomic E-state index is -0.502. The van der Waals surface area contributed by atoms with Gasteiger partial charge in [-0.25, -0.2) is 0 Å². The maximum absolute atomic E-state index is 11.7. The highest BCUT2D eigenvalue weighted by Gasteiger charge is 2.21. The van der Waals surface area contributed by atoms with E-state index in [1.165, 1.54) is 25.5 Å². The second kappa shape index (κ2) is 6.27. The van der Waals surface area contributed by atoms with Crippen LogP contribution in [0.25, 0.3) is 0 Å². The largest absolute Gasteiger partial charge is 0.496 e. The van der Waals surface area contributed by atoms with E-state index in [-0.39, 0.29) is 23.1 Å². The van der Waals surface area contributed by atoms with E-state index in [0.29, 0.717) is 12.2 Å². The van der Waals surface area contributed by atoms with E-state index < -0.39 is 4.92 Å². The van der Waals surface area contributed by atoms with E-state index in [4.69, 9.17) is 4.74 Å². The Morgan fingerprint density at radius 3 is 2.90 bits per heavy atom. The lowest BCUT2D eigenvalue weighted by Gasteiger charge is -2.15. The van der Waals surface area contributed by atoms with E-state index in [1.54, 1.807) is 6.07 Å². The van der Waals surface area contributed by atoms with Crippen molar-refractivity contribution in [2.24, 2.45) is 10.9 Å². The number of ketones is 1. The molecule has 0 heterocycles. The molecule has 0 spiro atoms. The first-order valence-corrected chi connectivity index (χ1v) is 6.51. The number of benzene rings is 1. The van der Waals surface area contributed by atoms with Crippen LogP contribution in [0.2, 0.25) is 0 Å². The highest BCUT2D eigenvalue weighted by atomic mass is 16.6. The maximum atomic E-state index is 11.7. The quantitative estimate of drug-likeness (QED) is 0.480. The van der Waals surface area contributed by atoms with Gasteiger partial charge in [-0.15, -0.1) is 0 Å².